The maximum Gasteiger partial charge on any atom is 0.259 e. The van der Waals surface area contributed by atoms with Crippen LogP contribution in [0.2, 0.25) is 0 Å². The largest absolute Gasteiger partial charge is 0.337 e. The standard InChI is InChI=1S/C14H19N5O3S/c1-10-12(13-15-6-4-8-19(13)16-10)14(20)18-7-3-5-11(9-18)17-23(2,21)22/h4,6,8,11,17H,3,5,7,9H2,1-2H3. The number of aromatic nitrogens is 3. The van der Waals surface area contributed by atoms with Crippen LogP contribution in [-0.4, -0.2) is 59.2 Å². The molecule has 0 aromatic carbocycles. The van der Waals surface area contributed by atoms with E-state index in [9.17, 15) is 13.2 Å². The van der Waals surface area contributed by atoms with Crippen molar-refractivity contribution in [3.8, 4) is 0 Å². The second kappa shape index (κ2) is 5.89. The van der Waals surface area contributed by atoms with E-state index in [0.29, 0.717) is 30.0 Å². The minimum absolute atomic E-state index is 0.156. The number of aryl methyl sites for hydroxylation is 1. The van der Waals surface area contributed by atoms with Crippen LogP contribution in [0.3, 0.4) is 0 Å². The highest BCUT2D eigenvalue weighted by molar-refractivity contribution is 7.88. The Morgan fingerprint density at radius 3 is 2.96 bits per heavy atom. The fraction of sp³-hybridized carbons (Fsp3) is 0.500. The maximum absolute atomic E-state index is 12.9. The fourth-order valence-electron chi connectivity index (χ4n) is 2.97. The smallest absolute Gasteiger partial charge is 0.259 e. The first-order chi connectivity index (χ1) is 10.8. The average Bonchev–Trinajstić information content (AvgIpc) is 2.81. The number of fused-ring (bicyclic) bond motifs is 1. The second-order valence-corrected chi connectivity index (χ2v) is 7.61. The van der Waals surface area contributed by atoms with E-state index in [1.165, 1.54) is 0 Å². The minimum Gasteiger partial charge on any atom is -0.337 e. The molecule has 1 aliphatic heterocycles. The van der Waals surface area contributed by atoms with Crippen LogP contribution in [0.1, 0.15) is 28.9 Å². The SMILES string of the molecule is Cc1nn2cccnc2c1C(=O)N1CCCC(NS(C)(=O)=O)C1. The van der Waals surface area contributed by atoms with Gasteiger partial charge in [0.1, 0.15) is 5.56 Å². The lowest BCUT2D eigenvalue weighted by Crippen LogP contribution is -2.49. The van der Waals surface area contributed by atoms with Crippen molar-refractivity contribution in [3.05, 3.63) is 29.7 Å². The van der Waals surface area contributed by atoms with Crippen LogP contribution in [-0.2, 0) is 10.0 Å². The van der Waals surface area contributed by atoms with E-state index in [0.717, 1.165) is 19.1 Å². The Balaban J connectivity index is 1.86. The molecule has 124 valence electrons. The van der Waals surface area contributed by atoms with Gasteiger partial charge in [0.05, 0.1) is 11.9 Å². The van der Waals surface area contributed by atoms with Crippen LogP contribution in [0.15, 0.2) is 18.5 Å². The molecule has 2 aromatic heterocycles. The van der Waals surface area contributed by atoms with Crippen LogP contribution in [0, 0.1) is 6.92 Å². The Kier molecular flexibility index (Phi) is 4.07. The summed E-state index contributed by atoms with van der Waals surface area (Å²) in [6, 6.07) is 1.50. The quantitative estimate of drug-likeness (QED) is 0.862. The molecule has 3 rings (SSSR count). The van der Waals surface area contributed by atoms with Crippen LogP contribution < -0.4 is 4.72 Å². The van der Waals surface area contributed by atoms with E-state index in [-0.39, 0.29) is 11.9 Å². The molecule has 1 N–H and O–H groups in total. The zero-order valence-corrected chi connectivity index (χ0v) is 13.9. The number of nitrogens with one attached hydrogen (secondary N) is 1. The molecule has 0 saturated carbocycles. The van der Waals surface area contributed by atoms with Gasteiger partial charge in [0.15, 0.2) is 5.65 Å². The summed E-state index contributed by atoms with van der Waals surface area (Å²) in [5.41, 5.74) is 1.62. The molecule has 1 amide bonds. The Bertz CT molecular complexity index is 845. The molecule has 23 heavy (non-hydrogen) atoms. The van der Waals surface area contributed by atoms with Gasteiger partial charge < -0.3 is 4.90 Å². The second-order valence-electron chi connectivity index (χ2n) is 5.83. The molecule has 1 unspecified atom stereocenters. The van der Waals surface area contributed by atoms with Crippen molar-refractivity contribution < 1.29 is 13.2 Å². The van der Waals surface area contributed by atoms with Crippen LogP contribution in [0.25, 0.3) is 5.65 Å². The average molecular weight is 337 g/mol. The van der Waals surface area contributed by atoms with Gasteiger partial charge in [-0.2, -0.15) is 5.10 Å². The van der Waals surface area contributed by atoms with Crippen molar-refractivity contribution in [2.75, 3.05) is 19.3 Å². The predicted molar refractivity (Wildman–Crippen MR) is 84.6 cm³/mol. The fourth-order valence-corrected chi connectivity index (χ4v) is 3.76. The van der Waals surface area contributed by atoms with E-state index in [1.54, 1.807) is 34.8 Å². The number of nitrogens with zero attached hydrogens (tertiary/aromatic N) is 4. The normalized spacial score (nSPS) is 19.2. The lowest BCUT2D eigenvalue weighted by molar-refractivity contribution is 0.0704. The highest BCUT2D eigenvalue weighted by Gasteiger charge is 2.29. The van der Waals surface area contributed by atoms with Gasteiger partial charge in [0.25, 0.3) is 5.91 Å². The summed E-state index contributed by atoms with van der Waals surface area (Å²) in [5.74, 6) is -0.156. The number of likely N-dealkylation sites (tertiary alicyclic amines) is 1. The van der Waals surface area contributed by atoms with Crippen LogP contribution >= 0.6 is 0 Å². The van der Waals surface area contributed by atoms with E-state index >= 15 is 0 Å². The molecular weight excluding hydrogens is 318 g/mol. The van der Waals surface area contributed by atoms with Gasteiger partial charge in [-0.05, 0) is 25.8 Å². The maximum atomic E-state index is 12.9. The molecule has 1 fully saturated rings. The summed E-state index contributed by atoms with van der Waals surface area (Å²) in [6.07, 6.45) is 5.98. The lowest BCUT2D eigenvalue weighted by Gasteiger charge is -2.32. The summed E-state index contributed by atoms with van der Waals surface area (Å²) < 4.78 is 27.0. The number of hydrogen-bond donors (Lipinski definition) is 1. The highest BCUT2D eigenvalue weighted by atomic mass is 32.2. The Morgan fingerprint density at radius 1 is 1.43 bits per heavy atom. The minimum atomic E-state index is -3.29. The van der Waals surface area contributed by atoms with Crippen molar-refractivity contribution in [2.24, 2.45) is 0 Å². The van der Waals surface area contributed by atoms with Gasteiger partial charge in [-0.25, -0.2) is 22.6 Å². The zero-order valence-electron chi connectivity index (χ0n) is 13.1. The molecule has 1 saturated heterocycles. The molecule has 3 heterocycles. The molecule has 1 aliphatic rings. The number of amides is 1. The predicted octanol–water partition coefficient (Wildman–Crippen LogP) is 0.192. The van der Waals surface area contributed by atoms with E-state index < -0.39 is 10.0 Å². The Hall–Kier alpha value is -2.00. The lowest BCUT2D eigenvalue weighted by atomic mass is 10.1. The molecule has 0 bridgehead atoms. The molecule has 0 aliphatic carbocycles. The summed E-state index contributed by atoms with van der Waals surface area (Å²) in [6.45, 7) is 2.73. The molecular formula is C14H19N5O3S. The molecule has 2 aromatic rings. The summed E-state index contributed by atoms with van der Waals surface area (Å²) in [7, 11) is -3.29. The van der Waals surface area contributed by atoms with Crippen LogP contribution in [0.4, 0.5) is 0 Å². The topological polar surface area (TPSA) is 96.7 Å². The molecule has 8 nitrogen and oxygen atoms in total. The first kappa shape index (κ1) is 15.9. The van der Waals surface area contributed by atoms with Crippen molar-refractivity contribution in [1.82, 2.24) is 24.2 Å². The molecule has 9 heteroatoms. The Morgan fingerprint density at radius 2 is 2.22 bits per heavy atom. The number of hydrogen-bond acceptors (Lipinski definition) is 5. The van der Waals surface area contributed by atoms with Crippen molar-refractivity contribution in [2.45, 2.75) is 25.8 Å². The first-order valence-electron chi connectivity index (χ1n) is 7.41. The van der Waals surface area contributed by atoms with Crippen molar-refractivity contribution in [1.29, 1.82) is 0 Å². The summed E-state index contributed by atoms with van der Waals surface area (Å²) in [5, 5.41) is 4.30. The third kappa shape index (κ3) is 3.35. The first-order valence-corrected chi connectivity index (χ1v) is 9.31. The van der Waals surface area contributed by atoms with E-state index in [4.69, 9.17) is 0 Å². The molecule has 0 radical (unpaired) electrons. The van der Waals surface area contributed by atoms with E-state index in [2.05, 4.69) is 14.8 Å². The third-order valence-electron chi connectivity index (χ3n) is 3.87. The molecule has 1 atom stereocenters. The Labute approximate surface area is 134 Å². The third-order valence-corrected chi connectivity index (χ3v) is 4.64. The van der Waals surface area contributed by atoms with Crippen molar-refractivity contribution >= 4 is 21.6 Å². The van der Waals surface area contributed by atoms with Gasteiger partial charge in [-0.1, -0.05) is 0 Å². The van der Waals surface area contributed by atoms with E-state index in [1.807, 2.05) is 0 Å². The summed E-state index contributed by atoms with van der Waals surface area (Å²) >= 11 is 0. The number of carbonyl (C=O) groups excluding carboxylic acids is 1. The number of sulfonamides is 1. The highest BCUT2D eigenvalue weighted by Crippen LogP contribution is 2.19. The monoisotopic (exact) mass is 337 g/mol. The number of carbonyl (C=O) groups is 1. The van der Waals surface area contributed by atoms with Gasteiger partial charge in [0, 0.05) is 31.5 Å². The number of rotatable bonds is 3. The summed E-state index contributed by atoms with van der Waals surface area (Å²) in [4.78, 5) is 18.8. The molecule has 0 spiro atoms. The van der Waals surface area contributed by atoms with Gasteiger partial charge in [0.2, 0.25) is 10.0 Å². The zero-order chi connectivity index (χ0) is 16.6. The van der Waals surface area contributed by atoms with Gasteiger partial charge >= 0.3 is 0 Å². The van der Waals surface area contributed by atoms with Crippen LogP contribution in [0.5, 0.6) is 0 Å². The van der Waals surface area contributed by atoms with Gasteiger partial charge in [-0.15, -0.1) is 0 Å². The van der Waals surface area contributed by atoms with Gasteiger partial charge in [-0.3, -0.25) is 4.79 Å². The van der Waals surface area contributed by atoms with Crippen molar-refractivity contribution in [3.63, 3.8) is 0 Å². The number of piperidine rings is 1.